The van der Waals surface area contributed by atoms with Gasteiger partial charge in [-0.25, -0.2) is 10.4 Å². The number of hydrazone groups is 1. The summed E-state index contributed by atoms with van der Waals surface area (Å²) in [6, 6.07) is 21.2. The molecule has 4 aromatic rings. The zero-order chi connectivity index (χ0) is 20.2. The van der Waals surface area contributed by atoms with E-state index in [1.807, 2.05) is 66.7 Å². The predicted octanol–water partition coefficient (Wildman–Crippen LogP) is 5.33. The van der Waals surface area contributed by atoms with Crippen molar-refractivity contribution in [1.82, 2.24) is 10.4 Å². The number of halogens is 2. The largest absolute Gasteiger partial charge is 0.483 e. The van der Waals surface area contributed by atoms with Crippen LogP contribution in [0.5, 0.6) is 5.75 Å². The number of fused-ring (bicyclic) bond motifs is 2. The van der Waals surface area contributed by atoms with Crippen molar-refractivity contribution in [3.63, 3.8) is 0 Å². The smallest absolute Gasteiger partial charge is 0.277 e. The number of nitrogens with one attached hydrogen (secondary N) is 1. The van der Waals surface area contributed by atoms with Gasteiger partial charge in [-0.2, -0.15) is 5.10 Å². The number of benzene rings is 3. The molecule has 4 rings (SSSR count). The Kier molecular flexibility index (Phi) is 5.74. The van der Waals surface area contributed by atoms with E-state index in [1.165, 1.54) is 6.21 Å². The summed E-state index contributed by atoms with van der Waals surface area (Å²) in [7, 11) is 0. The lowest BCUT2D eigenvalue weighted by atomic mass is 10.1. The molecular weight excluding hydrogens is 454 g/mol. The number of ether oxygens (including phenoxy) is 1. The summed E-state index contributed by atoms with van der Waals surface area (Å²) in [5.41, 5.74) is 3.85. The van der Waals surface area contributed by atoms with Crippen molar-refractivity contribution in [1.29, 1.82) is 0 Å². The first-order valence-electron chi connectivity index (χ1n) is 8.79. The number of para-hydroxylation sites is 1. The highest BCUT2D eigenvalue weighted by atomic mass is 79.9. The molecule has 1 amide bonds. The van der Waals surface area contributed by atoms with Crippen LogP contribution >= 0.6 is 27.5 Å². The van der Waals surface area contributed by atoms with Crippen LogP contribution in [0.25, 0.3) is 21.7 Å². The molecule has 0 fully saturated rings. The highest BCUT2D eigenvalue weighted by molar-refractivity contribution is 9.10. The Morgan fingerprint density at radius 1 is 1.10 bits per heavy atom. The summed E-state index contributed by atoms with van der Waals surface area (Å²) in [5, 5.41) is 7.31. The summed E-state index contributed by atoms with van der Waals surface area (Å²) in [6.45, 7) is -0.169. The molecule has 0 radical (unpaired) electrons. The lowest BCUT2D eigenvalue weighted by Gasteiger charge is -2.09. The fraction of sp³-hybridized carbons (Fsp3) is 0.0455. The number of carbonyl (C=O) groups excluding carboxylic acids is 1. The van der Waals surface area contributed by atoms with Crippen molar-refractivity contribution in [3.05, 3.63) is 81.9 Å². The van der Waals surface area contributed by atoms with Gasteiger partial charge in [0.1, 0.15) is 10.9 Å². The van der Waals surface area contributed by atoms with Crippen LogP contribution in [0.3, 0.4) is 0 Å². The molecule has 3 aromatic carbocycles. The summed E-state index contributed by atoms with van der Waals surface area (Å²) in [4.78, 5) is 16.4. The molecule has 7 heteroatoms. The van der Waals surface area contributed by atoms with Crippen molar-refractivity contribution in [2.75, 3.05) is 6.61 Å². The van der Waals surface area contributed by atoms with Gasteiger partial charge in [0, 0.05) is 10.9 Å². The standard InChI is InChI=1S/C22H15BrClN3O2/c23-21-17-7-3-1-5-14(17)9-10-19(21)29-13-20(28)27-25-12-16-11-15-6-2-4-8-18(15)26-22(16)24/h1-12H,13H2,(H,27,28)/b25-12-. The third kappa shape index (κ3) is 4.39. The summed E-state index contributed by atoms with van der Waals surface area (Å²) < 4.78 is 6.43. The van der Waals surface area contributed by atoms with Gasteiger partial charge in [0.25, 0.3) is 5.91 Å². The van der Waals surface area contributed by atoms with Crippen LogP contribution in [-0.2, 0) is 4.79 Å². The first-order valence-corrected chi connectivity index (χ1v) is 9.96. The molecule has 0 aliphatic carbocycles. The Balaban J connectivity index is 1.39. The topological polar surface area (TPSA) is 63.6 Å². The second kappa shape index (κ2) is 8.59. The molecule has 0 unspecified atom stereocenters. The minimum absolute atomic E-state index is 0.169. The zero-order valence-corrected chi connectivity index (χ0v) is 17.4. The van der Waals surface area contributed by atoms with Gasteiger partial charge in [0.15, 0.2) is 6.61 Å². The molecule has 0 spiro atoms. The number of rotatable bonds is 5. The maximum atomic E-state index is 12.1. The van der Waals surface area contributed by atoms with Crippen molar-refractivity contribution in [2.24, 2.45) is 5.10 Å². The van der Waals surface area contributed by atoms with E-state index in [2.05, 4.69) is 31.4 Å². The van der Waals surface area contributed by atoms with Gasteiger partial charge < -0.3 is 4.74 Å². The highest BCUT2D eigenvalue weighted by Crippen LogP contribution is 2.32. The van der Waals surface area contributed by atoms with E-state index in [0.717, 1.165) is 26.1 Å². The van der Waals surface area contributed by atoms with Crippen molar-refractivity contribution in [3.8, 4) is 5.75 Å². The molecule has 0 aliphatic rings. The number of hydrogen-bond donors (Lipinski definition) is 1. The number of aromatic nitrogens is 1. The lowest BCUT2D eigenvalue weighted by molar-refractivity contribution is -0.123. The molecule has 1 heterocycles. The third-order valence-corrected chi connectivity index (χ3v) is 5.40. The summed E-state index contributed by atoms with van der Waals surface area (Å²) in [5.74, 6) is 0.204. The van der Waals surface area contributed by atoms with Crippen molar-refractivity contribution in [2.45, 2.75) is 0 Å². The third-order valence-electron chi connectivity index (χ3n) is 4.28. The molecule has 1 N–H and O–H groups in total. The van der Waals surface area contributed by atoms with Gasteiger partial charge in [-0.3, -0.25) is 4.79 Å². The van der Waals surface area contributed by atoms with Crippen molar-refractivity contribution >= 4 is 61.3 Å². The Morgan fingerprint density at radius 3 is 2.72 bits per heavy atom. The molecular formula is C22H15BrClN3O2. The van der Waals surface area contributed by atoms with E-state index in [9.17, 15) is 4.79 Å². The first kappa shape index (κ1) is 19.4. The lowest BCUT2D eigenvalue weighted by Crippen LogP contribution is -2.24. The second-order valence-electron chi connectivity index (χ2n) is 6.24. The molecule has 5 nitrogen and oxygen atoms in total. The minimum atomic E-state index is -0.383. The van der Waals surface area contributed by atoms with Crippen LogP contribution in [-0.4, -0.2) is 23.7 Å². The van der Waals surface area contributed by atoms with E-state index < -0.39 is 0 Å². The quantitative estimate of drug-likeness (QED) is 0.244. The van der Waals surface area contributed by atoms with Gasteiger partial charge in [-0.05, 0) is 44.9 Å². The van der Waals surface area contributed by atoms with Gasteiger partial charge in [0.05, 0.1) is 16.2 Å². The molecule has 0 bridgehead atoms. The number of carbonyl (C=O) groups is 1. The molecule has 29 heavy (non-hydrogen) atoms. The summed E-state index contributed by atoms with van der Waals surface area (Å²) >= 11 is 9.71. The Morgan fingerprint density at radius 2 is 1.86 bits per heavy atom. The fourth-order valence-corrected chi connectivity index (χ4v) is 3.68. The zero-order valence-electron chi connectivity index (χ0n) is 15.1. The van der Waals surface area contributed by atoms with E-state index in [4.69, 9.17) is 16.3 Å². The Hall–Kier alpha value is -2.96. The van der Waals surface area contributed by atoms with E-state index in [0.29, 0.717) is 16.5 Å². The second-order valence-corrected chi connectivity index (χ2v) is 7.39. The molecule has 0 saturated heterocycles. The average molecular weight is 469 g/mol. The molecule has 1 aromatic heterocycles. The molecule has 0 saturated carbocycles. The number of hydrogen-bond acceptors (Lipinski definition) is 4. The van der Waals surface area contributed by atoms with Crippen LogP contribution in [0, 0.1) is 0 Å². The van der Waals surface area contributed by atoms with Gasteiger partial charge in [0.2, 0.25) is 0 Å². The van der Waals surface area contributed by atoms with E-state index in [-0.39, 0.29) is 12.5 Å². The normalized spacial score (nSPS) is 11.2. The molecule has 0 atom stereocenters. The Labute approximate surface area is 180 Å². The van der Waals surface area contributed by atoms with E-state index >= 15 is 0 Å². The van der Waals surface area contributed by atoms with Crippen molar-refractivity contribution < 1.29 is 9.53 Å². The number of amides is 1. The van der Waals surface area contributed by atoms with Gasteiger partial charge >= 0.3 is 0 Å². The van der Waals surface area contributed by atoms with Gasteiger partial charge in [-0.1, -0.05) is 60.1 Å². The van der Waals surface area contributed by atoms with Crippen LogP contribution in [0.1, 0.15) is 5.56 Å². The summed E-state index contributed by atoms with van der Waals surface area (Å²) in [6.07, 6.45) is 1.46. The minimum Gasteiger partial charge on any atom is -0.483 e. The predicted molar refractivity (Wildman–Crippen MR) is 120 cm³/mol. The maximum Gasteiger partial charge on any atom is 0.277 e. The maximum absolute atomic E-state index is 12.1. The molecule has 144 valence electrons. The van der Waals surface area contributed by atoms with Crippen LogP contribution < -0.4 is 10.2 Å². The SMILES string of the molecule is O=C(COc1ccc2ccccc2c1Br)N/N=C\c1cc2ccccc2nc1Cl. The molecule has 0 aliphatic heterocycles. The highest BCUT2D eigenvalue weighted by Gasteiger charge is 2.08. The first-order chi connectivity index (χ1) is 14.1. The van der Waals surface area contributed by atoms with E-state index in [1.54, 1.807) is 0 Å². The Bertz CT molecular complexity index is 1240. The van der Waals surface area contributed by atoms with Crippen LogP contribution in [0.15, 0.2) is 76.3 Å². The number of nitrogens with zero attached hydrogens (tertiary/aromatic N) is 2. The number of pyridine rings is 1. The van der Waals surface area contributed by atoms with Crippen LogP contribution in [0.4, 0.5) is 0 Å². The monoisotopic (exact) mass is 467 g/mol. The fourth-order valence-electron chi connectivity index (χ4n) is 2.87. The van der Waals surface area contributed by atoms with Crippen LogP contribution in [0.2, 0.25) is 5.15 Å². The average Bonchev–Trinajstić information content (AvgIpc) is 2.74. The van der Waals surface area contributed by atoms with Gasteiger partial charge in [-0.15, -0.1) is 0 Å².